The molecule has 0 aromatic carbocycles. The largest absolute Gasteiger partial charge is 0.310 e. The minimum Gasteiger partial charge on any atom is -0.310 e. The number of nitrogens with one attached hydrogen (secondary N) is 1. The van der Waals surface area contributed by atoms with Crippen molar-refractivity contribution in [3.05, 3.63) is 23.4 Å². The second-order valence-electron chi connectivity index (χ2n) is 7.27. The topological polar surface area (TPSA) is 48.5 Å². The van der Waals surface area contributed by atoms with Gasteiger partial charge in [-0.2, -0.15) is 0 Å². The molecule has 0 saturated carbocycles. The second-order valence-corrected chi connectivity index (χ2v) is 7.27. The molecular formula is C18H30N4O. The Hall–Kier alpha value is -1.46. The first-order valence-electron chi connectivity index (χ1n) is 8.49. The van der Waals surface area contributed by atoms with Crippen LogP contribution >= 0.6 is 0 Å². The van der Waals surface area contributed by atoms with Crippen molar-refractivity contribution < 1.29 is 4.79 Å². The molecule has 1 amide bonds. The van der Waals surface area contributed by atoms with Crippen molar-refractivity contribution in [1.29, 1.82) is 0 Å². The zero-order chi connectivity index (χ0) is 17.0. The van der Waals surface area contributed by atoms with Gasteiger partial charge in [-0.15, -0.1) is 0 Å². The predicted octanol–water partition coefficient (Wildman–Crippen LogP) is 2.51. The number of pyridine rings is 1. The van der Waals surface area contributed by atoms with Gasteiger partial charge in [-0.25, -0.2) is 4.98 Å². The molecule has 0 aliphatic carbocycles. The molecule has 0 unspecified atom stereocenters. The third-order valence-corrected chi connectivity index (χ3v) is 4.94. The number of hydrogen-bond donors (Lipinski definition) is 1. The van der Waals surface area contributed by atoms with E-state index in [0.29, 0.717) is 5.82 Å². The summed E-state index contributed by atoms with van der Waals surface area (Å²) in [6, 6.07) is 2.03. The number of carbonyl (C=O) groups excluding carboxylic acids is 1. The molecule has 1 aromatic rings. The number of anilines is 1. The first-order valence-corrected chi connectivity index (χ1v) is 8.49. The lowest BCUT2D eigenvalue weighted by Crippen LogP contribution is -2.44. The summed E-state index contributed by atoms with van der Waals surface area (Å²) in [5.74, 6) is 0.688. The van der Waals surface area contributed by atoms with E-state index in [2.05, 4.69) is 34.1 Å². The lowest BCUT2D eigenvalue weighted by Gasteiger charge is -2.32. The molecular weight excluding hydrogens is 288 g/mol. The van der Waals surface area contributed by atoms with Gasteiger partial charge in [-0.1, -0.05) is 20.8 Å². The van der Waals surface area contributed by atoms with Gasteiger partial charge in [0.25, 0.3) is 0 Å². The molecule has 2 heterocycles. The van der Waals surface area contributed by atoms with Crippen LogP contribution in [0.4, 0.5) is 5.82 Å². The van der Waals surface area contributed by atoms with Gasteiger partial charge in [0.05, 0.1) is 0 Å². The quantitative estimate of drug-likeness (QED) is 0.906. The summed E-state index contributed by atoms with van der Waals surface area (Å²) in [6.45, 7) is 13.3. The van der Waals surface area contributed by atoms with E-state index in [-0.39, 0.29) is 11.3 Å². The van der Waals surface area contributed by atoms with Crippen LogP contribution in [0.15, 0.2) is 12.3 Å². The van der Waals surface area contributed by atoms with Crippen LogP contribution in [-0.2, 0) is 11.3 Å². The highest BCUT2D eigenvalue weighted by Gasteiger charge is 2.25. The number of amides is 1. The fourth-order valence-electron chi connectivity index (χ4n) is 2.50. The Kier molecular flexibility index (Phi) is 5.76. The van der Waals surface area contributed by atoms with Crippen molar-refractivity contribution in [3.8, 4) is 0 Å². The number of carbonyl (C=O) groups is 1. The van der Waals surface area contributed by atoms with E-state index in [4.69, 9.17) is 0 Å². The maximum Gasteiger partial charge on any atom is 0.231 e. The SMILES string of the molecule is CCC(C)(C)C(=O)Nc1cc(CN2CCN(C)CC2)c(C)cn1. The minimum absolute atomic E-state index is 0.0295. The minimum atomic E-state index is -0.371. The van der Waals surface area contributed by atoms with Crippen molar-refractivity contribution in [3.63, 3.8) is 0 Å². The Bertz CT molecular complexity index is 548. The number of rotatable bonds is 5. The Morgan fingerprint density at radius 3 is 2.57 bits per heavy atom. The van der Waals surface area contributed by atoms with Gasteiger partial charge >= 0.3 is 0 Å². The number of likely N-dealkylation sites (N-methyl/N-ethyl adjacent to an activating group) is 1. The molecule has 2 rings (SSSR count). The lowest BCUT2D eigenvalue weighted by molar-refractivity contribution is -0.124. The van der Waals surface area contributed by atoms with Crippen molar-refractivity contribution >= 4 is 11.7 Å². The average Bonchev–Trinajstić information content (AvgIpc) is 2.52. The van der Waals surface area contributed by atoms with Crippen LogP contribution in [0.1, 0.15) is 38.3 Å². The molecule has 0 radical (unpaired) electrons. The number of aromatic nitrogens is 1. The maximum atomic E-state index is 12.3. The van der Waals surface area contributed by atoms with E-state index in [1.165, 1.54) is 11.1 Å². The summed E-state index contributed by atoms with van der Waals surface area (Å²) in [5.41, 5.74) is 2.05. The highest BCUT2D eigenvalue weighted by atomic mass is 16.2. The average molecular weight is 318 g/mol. The van der Waals surface area contributed by atoms with Gasteiger partial charge in [-0.3, -0.25) is 9.69 Å². The summed E-state index contributed by atoms with van der Waals surface area (Å²) < 4.78 is 0. The molecule has 5 heteroatoms. The summed E-state index contributed by atoms with van der Waals surface area (Å²) >= 11 is 0. The first kappa shape index (κ1) is 17.9. The zero-order valence-electron chi connectivity index (χ0n) is 15.1. The number of hydrogen-bond acceptors (Lipinski definition) is 4. The van der Waals surface area contributed by atoms with E-state index < -0.39 is 0 Å². The zero-order valence-corrected chi connectivity index (χ0v) is 15.1. The molecule has 128 valence electrons. The predicted molar refractivity (Wildman–Crippen MR) is 94.4 cm³/mol. The molecule has 5 nitrogen and oxygen atoms in total. The van der Waals surface area contributed by atoms with Crippen LogP contribution in [0, 0.1) is 12.3 Å². The van der Waals surface area contributed by atoms with E-state index in [0.717, 1.165) is 39.1 Å². The van der Waals surface area contributed by atoms with Crippen molar-refractivity contribution in [1.82, 2.24) is 14.8 Å². The van der Waals surface area contributed by atoms with Crippen molar-refractivity contribution in [2.24, 2.45) is 5.41 Å². The number of aryl methyl sites for hydroxylation is 1. The van der Waals surface area contributed by atoms with E-state index >= 15 is 0 Å². The Morgan fingerprint density at radius 2 is 1.96 bits per heavy atom. The second kappa shape index (κ2) is 7.41. The first-order chi connectivity index (χ1) is 10.8. The highest BCUT2D eigenvalue weighted by Crippen LogP contribution is 2.23. The molecule has 1 fully saturated rings. The van der Waals surface area contributed by atoms with Gasteiger partial charge in [0.15, 0.2) is 0 Å². The van der Waals surface area contributed by atoms with Gasteiger partial charge in [0.1, 0.15) is 5.82 Å². The Morgan fingerprint density at radius 1 is 1.30 bits per heavy atom. The third kappa shape index (κ3) is 4.75. The molecule has 1 N–H and O–H groups in total. The summed E-state index contributed by atoms with van der Waals surface area (Å²) in [4.78, 5) is 21.5. The summed E-state index contributed by atoms with van der Waals surface area (Å²) in [6.07, 6.45) is 2.67. The van der Waals surface area contributed by atoms with Gasteiger partial charge < -0.3 is 10.2 Å². The lowest BCUT2D eigenvalue weighted by atomic mass is 9.89. The van der Waals surface area contributed by atoms with Crippen LogP contribution < -0.4 is 5.32 Å². The van der Waals surface area contributed by atoms with Crippen LogP contribution in [0.2, 0.25) is 0 Å². The van der Waals surface area contributed by atoms with E-state index in [1.807, 2.05) is 33.0 Å². The van der Waals surface area contributed by atoms with Crippen molar-refractivity contribution in [2.45, 2.75) is 40.7 Å². The van der Waals surface area contributed by atoms with E-state index in [9.17, 15) is 4.79 Å². The smallest absolute Gasteiger partial charge is 0.231 e. The number of nitrogens with zero attached hydrogens (tertiary/aromatic N) is 3. The number of piperazine rings is 1. The third-order valence-electron chi connectivity index (χ3n) is 4.94. The van der Waals surface area contributed by atoms with Crippen LogP contribution in [-0.4, -0.2) is 53.9 Å². The summed E-state index contributed by atoms with van der Waals surface area (Å²) in [5, 5.41) is 2.97. The maximum absolute atomic E-state index is 12.3. The fraction of sp³-hybridized carbons (Fsp3) is 0.667. The molecule has 1 saturated heterocycles. The van der Waals surface area contributed by atoms with Gasteiger partial charge in [-0.05, 0) is 37.6 Å². The Balaban J connectivity index is 2.05. The molecule has 23 heavy (non-hydrogen) atoms. The molecule has 0 spiro atoms. The molecule has 1 aromatic heterocycles. The monoisotopic (exact) mass is 318 g/mol. The van der Waals surface area contributed by atoms with Gasteiger partial charge in [0, 0.05) is 44.3 Å². The molecule has 0 atom stereocenters. The fourth-order valence-corrected chi connectivity index (χ4v) is 2.50. The van der Waals surface area contributed by atoms with Crippen LogP contribution in [0.3, 0.4) is 0 Å². The molecule has 1 aliphatic heterocycles. The van der Waals surface area contributed by atoms with Crippen LogP contribution in [0.25, 0.3) is 0 Å². The highest BCUT2D eigenvalue weighted by molar-refractivity contribution is 5.94. The van der Waals surface area contributed by atoms with Crippen molar-refractivity contribution in [2.75, 3.05) is 38.5 Å². The standard InChI is InChI=1S/C18H30N4O/c1-6-18(3,4)17(23)20-16-11-15(14(2)12-19-16)13-22-9-7-21(5)8-10-22/h11-12H,6-10,13H2,1-5H3,(H,19,20,23). The van der Waals surface area contributed by atoms with Gasteiger partial charge in [0.2, 0.25) is 5.91 Å². The summed E-state index contributed by atoms with van der Waals surface area (Å²) in [7, 11) is 2.16. The Labute approximate surface area is 140 Å². The van der Waals surface area contributed by atoms with E-state index in [1.54, 1.807) is 0 Å². The van der Waals surface area contributed by atoms with Crippen LogP contribution in [0.5, 0.6) is 0 Å². The normalized spacial score (nSPS) is 17.3. The molecule has 1 aliphatic rings. The molecule has 0 bridgehead atoms.